The fraction of sp³-hybridized carbons (Fsp3) is 0.222. The maximum absolute atomic E-state index is 13.0. The van der Waals surface area contributed by atoms with E-state index < -0.39 is 0 Å². The van der Waals surface area contributed by atoms with Crippen molar-refractivity contribution < 1.29 is 9.59 Å². The van der Waals surface area contributed by atoms with Gasteiger partial charge in [-0.1, -0.05) is 24.3 Å². The summed E-state index contributed by atoms with van der Waals surface area (Å²) in [6.07, 6.45) is 1.29. The Bertz CT molecular complexity index is 812. The highest BCUT2D eigenvalue weighted by atomic mass is 16.1. The van der Waals surface area contributed by atoms with Crippen molar-refractivity contribution in [1.82, 2.24) is 0 Å². The molecule has 5 nitrogen and oxygen atoms in total. The third-order valence-corrected chi connectivity index (χ3v) is 4.24. The third kappa shape index (κ3) is 2.29. The normalized spacial score (nSPS) is 12.8. The van der Waals surface area contributed by atoms with E-state index in [0.717, 1.165) is 5.56 Å². The lowest BCUT2D eigenvalue weighted by Gasteiger charge is -2.24. The van der Waals surface area contributed by atoms with Crippen LogP contribution in [0, 0.1) is 0 Å². The summed E-state index contributed by atoms with van der Waals surface area (Å²) in [6.45, 7) is 0.501. The topological polar surface area (TPSA) is 98.2 Å². The van der Waals surface area contributed by atoms with Crippen LogP contribution in [-0.2, 0) is 6.42 Å². The van der Waals surface area contributed by atoms with Gasteiger partial charge in [-0.15, -0.1) is 0 Å². The van der Waals surface area contributed by atoms with E-state index in [1.54, 1.807) is 37.4 Å². The van der Waals surface area contributed by atoms with Gasteiger partial charge in [-0.3, -0.25) is 9.59 Å². The number of ketones is 2. The summed E-state index contributed by atoms with van der Waals surface area (Å²) in [5, 5.41) is 2.98. The van der Waals surface area contributed by atoms with Gasteiger partial charge in [0.05, 0.1) is 5.56 Å². The second kappa shape index (κ2) is 5.85. The molecule has 5 N–H and O–H groups in total. The number of benzene rings is 2. The van der Waals surface area contributed by atoms with Gasteiger partial charge in [0.1, 0.15) is 0 Å². The largest absolute Gasteiger partial charge is 0.398 e. The van der Waals surface area contributed by atoms with Crippen LogP contribution in [0.15, 0.2) is 30.3 Å². The molecule has 1 aliphatic carbocycles. The first-order valence-electron chi connectivity index (χ1n) is 7.61. The molecule has 2 aromatic carbocycles. The molecule has 118 valence electrons. The van der Waals surface area contributed by atoms with Crippen molar-refractivity contribution in [3.05, 3.63) is 58.1 Å². The van der Waals surface area contributed by atoms with Crippen molar-refractivity contribution in [1.29, 1.82) is 0 Å². The fourth-order valence-corrected chi connectivity index (χ4v) is 3.12. The minimum absolute atomic E-state index is 0.145. The van der Waals surface area contributed by atoms with Crippen molar-refractivity contribution >= 4 is 22.9 Å². The van der Waals surface area contributed by atoms with E-state index in [1.165, 1.54) is 0 Å². The fourth-order valence-electron chi connectivity index (χ4n) is 3.12. The molecule has 0 saturated carbocycles. The van der Waals surface area contributed by atoms with E-state index >= 15 is 0 Å². The number of nitrogen functional groups attached to an aromatic ring is 1. The smallest absolute Gasteiger partial charge is 0.196 e. The molecule has 0 spiro atoms. The molecule has 0 bridgehead atoms. The molecule has 0 amide bonds. The second-order valence-electron chi connectivity index (χ2n) is 5.59. The zero-order valence-electron chi connectivity index (χ0n) is 13.0. The van der Waals surface area contributed by atoms with E-state index in [-0.39, 0.29) is 11.6 Å². The quantitative estimate of drug-likeness (QED) is 0.640. The molecule has 0 fully saturated rings. The maximum Gasteiger partial charge on any atom is 0.196 e. The number of anilines is 2. The van der Waals surface area contributed by atoms with E-state index in [1.807, 2.05) is 0 Å². The number of nitrogens with two attached hydrogens (primary N) is 2. The predicted octanol–water partition coefficient (Wildman–Crippen LogP) is 1.98. The average Bonchev–Trinajstić information content (AvgIpc) is 2.57. The van der Waals surface area contributed by atoms with Crippen molar-refractivity contribution in [2.45, 2.75) is 12.8 Å². The molecule has 3 rings (SSSR count). The van der Waals surface area contributed by atoms with E-state index in [4.69, 9.17) is 11.5 Å². The highest BCUT2D eigenvalue weighted by molar-refractivity contribution is 6.31. The zero-order chi connectivity index (χ0) is 16.6. The lowest BCUT2D eigenvalue weighted by atomic mass is 9.79. The van der Waals surface area contributed by atoms with Gasteiger partial charge in [-0.25, -0.2) is 0 Å². The molecule has 1 aliphatic rings. The highest BCUT2D eigenvalue weighted by Crippen LogP contribution is 2.37. The Balaban J connectivity index is 2.31. The van der Waals surface area contributed by atoms with Crippen LogP contribution in [0.1, 0.15) is 43.8 Å². The highest BCUT2D eigenvalue weighted by Gasteiger charge is 2.34. The Labute approximate surface area is 134 Å². The lowest BCUT2D eigenvalue weighted by Crippen LogP contribution is -2.25. The molecular weight excluding hydrogens is 290 g/mol. The van der Waals surface area contributed by atoms with Gasteiger partial charge in [-0.05, 0) is 31.0 Å². The van der Waals surface area contributed by atoms with E-state index in [0.29, 0.717) is 53.0 Å². The molecule has 0 aliphatic heterocycles. The Hall–Kier alpha value is -2.66. The van der Waals surface area contributed by atoms with Crippen molar-refractivity contribution in [2.75, 3.05) is 24.6 Å². The molecule has 0 heterocycles. The van der Waals surface area contributed by atoms with Gasteiger partial charge >= 0.3 is 0 Å². The molecule has 5 heteroatoms. The van der Waals surface area contributed by atoms with E-state index in [9.17, 15) is 9.59 Å². The van der Waals surface area contributed by atoms with Crippen LogP contribution in [0.25, 0.3) is 0 Å². The van der Waals surface area contributed by atoms with Crippen LogP contribution in [-0.4, -0.2) is 25.2 Å². The SMILES string of the molecule is CNc1cc(N)c(CCCN)c2c1C(=O)c1ccccc1C2=O. The summed E-state index contributed by atoms with van der Waals surface area (Å²) >= 11 is 0. The van der Waals surface area contributed by atoms with Gasteiger partial charge in [-0.2, -0.15) is 0 Å². The molecule has 0 saturated heterocycles. The molecule has 23 heavy (non-hydrogen) atoms. The van der Waals surface area contributed by atoms with Gasteiger partial charge < -0.3 is 16.8 Å². The summed E-state index contributed by atoms with van der Waals surface area (Å²) in [5.41, 5.74) is 15.3. The Morgan fingerprint density at radius 3 is 2.22 bits per heavy atom. The van der Waals surface area contributed by atoms with Crippen LogP contribution < -0.4 is 16.8 Å². The number of nitrogens with one attached hydrogen (secondary N) is 1. The summed E-state index contributed by atoms with van der Waals surface area (Å²) in [6, 6.07) is 8.63. The van der Waals surface area contributed by atoms with Crippen LogP contribution in [0.3, 0.4) is 0 Å². The summed E-state index contributed by atoms with van der Waals surface area (Å²) in [7, 11) is 1.72. The zero-order valence-corrected chi connectivity index (χ0v) is 13.0. The number of fused-ring (bicyclic) bond motifs is 2. The van der Waals surface area contributed by atoms with Gasteiger partial charge in [0.25, 0.3) is 0 Å². The summed E-state index contributed by atoms with van der Waals surface area (Å²) in [5.74, 6) is -0.292. The Kier molecular flexibility index (Phi) is 3.88. The standard InChI is InChI=1S/C18H19N3O2/c1-21-14-9-13(20)12(7-4-8-19)15-16(14)18(23)11-6-3-2-5-10(11)17(15)22/h2-3,5-6,9,21H,4,7-8,19-20H2,1H3. The predicted molar refractivity (Wildman–Crippen MR) is 91.1 cm³/mol. The molecule has 0 atom stereocenters. The van der Waals surface area contributed by atoms with Crippen LogP contribution in [0.5, 0.6) is 0 Å². The van der Waals surface area contributed by atoms with E-state index in [2.05, 4.69) is 5.32 Å². The Morgan fingerprint density at radius 2 is 1.65 bits per heavy atom. The van der Waals surface area contributed by atoms with Crippen molar-refractivity contribution in [3.8, 4) is 0 Å². The monoisotopic (exact) mass is 309 g/mol. The van der Waals surface area contributed by atoms with Crippen LogP contribution in [0.4, 0.5) is 11.4 Å². The lowest BCUT2D eigenvalue weighted by molar-refractivity contribution is 0.0979. The molecule has 0 unspecified atom stereocenters. The maximum atomic E-state index is 13.0. The molecular formula is C18H19N3O2. The number of carbonyl (C=O) groups is 2. The van der Waals surface area contributed by atoms with Crippen LogP contribution >= 0.6 is 0 Å². The van der Waals surface area contributed by atoms with Gasteiger partial charge in [0.15, 0.2) is 11.6 Å². The van der Waals surface area contributed by atoms with Gasteiger partial charge in [0.2, 0.25) is 0 Å². The Morgan fingerprint density at radius 1 is 1.04 bits per heavy atom. The van der Waals surface area contributed by atoms with Crippen molar-refractivity contribution in [2.24, 2.45) is 5.73 Å². The number of hydrogen-bond donors (Lipinski definition) is 3. The summed E-state index contributed by atoms with van der Waals surface area (Å²) < 4.78 is 0. The third-order valence-electron chi connectivity index (χ3n) is 4.24. The van der Waals surface area contributed by atoms with Crippen LogP contribution in [0.2, 0.25) is 0 Å². The van der Waals surface area contributed by atoms with Gasteiger partial charge in [0, 0.05) is 35.1 Å². The number of carbonyl (C=O) groups excluding carboxylic acids is 2. The first kappa shape index (κ1) is 15.2. The molecule has 0 aromatic heterocycles. The first-order chi connectivity index (χ1) is 11.1. The summed E-state index contributed by atoms with van der Waals surface area (Å²) in [4.78, 5) is 25.9. The molecule has 2 aromatic rings. The average molecular weight is 309 g/mol. The second-order valence-corrected chi connectivity index (χ2v) is 5.59. The minimum Gasteiger partial charge on any atom is -0.398 e. The first-order valence-corrected chi connectivity index (χ1v) is 7.61. The molecule has 0 radical (unpaired) electrons. The van der Waals surface area contributed by atoms with Crippen molar-refractivity contribution in [3.63, 3.8) is 0 Å². The minimum atomic E-state index is -0.147. The number of hydrogen-bond acceptors (Lipinski definition) is 5. The number of rotatable bonds is 4.